The van der Waals surface area contributed by atoms with Crippen LogP contribution in [0.5, 0.6) is 0 Å². The van der Waals surface area contributed by atoms with Gasteiger partial charge in [0.2, 0.25) is 0 Å². The molecule has 0 unspecified atom stereocenters. The number of nitrogens with two attached hydrogens (primary N) is 1. The van der Waals surface area contributed by atoms with Crippen LogP contribution in [-0.2, 0) is 10.0 Å². The highest BCUT2D eigenvalue weighted by molar-refractivity contribution is 9.10. The fourth-order valence-corrected chi connectivity index (χ4v) is 3.21. The summed E-state index contributed by atoms with van der Waals surface area (Å²) in [5.41, 5.74) is 6.23. The molecule has 1 heterocycles. The van der Waals surface area contributed by atoms with E-state index in [1.54, 1.807) is 6.92 Å². The molecule has 0 fully saturated rings. The molecule has 1 aromatic carbocycles. The molecule has 0 saturated heterocycles. The van der Waals surface area contributed by atoms with Gasteiger partial charge in [-0.05, 0) is 41.1 Å². The van der Waals surface area contributed by atoms with Crippen molar-refractivity contribution in [2.75, 3.05) is 4.72 Å². The third-order valence-corrected chi connectivity index (χ3v) is 4.52. The van der Waals surface area contributed by atoms with Gasteiger partial charge in [-0.15, -0.1) is 0 Å². The number of oxime groups is 1. The molecule has 1 aromatic heterocycles. The number of nitrogens with one attached hydrogen (secondary N) is 2. The van der Waals surface area contributed by atoms with E-state index >= 15 is 0 Å². The molecule has 0 saturated carbocycles. The number of hydrogen-bond donors (Lipinski definition) is 4. The Morgan fingerprint density at radius 2 is 2.24 bits per heavy atom. The summed E-state index contributed by atoms with van der Waals surface area (Å²) in [4.78, 5) is 6.49. The number of benzene rings is 1. The maximum Gasteiger partial charge on any atom is 0.279 e. The van der Waals surface area contributed by atoms with Gasteiger partial charge in [0.05, 0.1) is 11.9 Å². The van der Waals surface area contributed by atoms with E-state index in [1.807, 2.05) is 0 Å². The van der Waals surface area contributed by atoms with Crippen LogP contribution < -0.4 is 10.5 Å². The number of halogens is 1. The fraction of sp³-hybridized carbons (Fsp3) is 0.0909. The zero-order valence-corrected chi connectivity index (χ0v) is 13.2. The molecule has 0 spiro atoms. The summed E-state index contributed by atoms with van der Waals surface area (Å²) >= 11 is 3.23. The number of amidine groups is 1. The van der Waals surface area contributed by atoms with E-state index in [0.717, 1.165) is 0 Å². The maximum absolute atomic E-state index is 12.2. The average molecular weight is 374 g/mol. The van der Waals surface area contributed by atoms with Gasteiger partial charge in [-0.2, -0.15) is 8.42 Å². The van der Waals surface area contributed by atoms with Crippen molar-refractivity contribution in [1.82, 2.24) is 9.97 Å². The molecular formula is C11H12BrN5O3S. The van der Waals surface area contributed by atoms with Gasteiger partial charge in [-0.25, -0.2) is 4.98 Å². The number of imidazole rings is 1. The van der Waals surface area contributed by atoms with Crippen molar-refractivity contribution in [2.24, 2.45) is 10.9 Å². The predicted octanol–water partition coefficient (Wildman–Crippen LogP) is 1.38. The van der Waals surface area contributed by atoms with Gasteiger partial charge in [0.25, 0.3) is 10.0 Å². The first kappa shape index (κ1) is 15.3. The lowest BCUT2D eigenvalue weighted by Crippen LogP contribution is -2.15. The van der Waals surface area contributed by atoms with E-state index in [-0.39, 0.29) is 10.9 Å². The molecule has 5 N–H and O–H groups in total. The number of hydrogen-bond acceptors (Lipinski definition) is 5. The molecule has 0 aliphatic carbocycles. The minimum absolute atomic E-state index is 0.0348. The minimum Gasteiger partial charge on any atom is -0.409 e. The van der Waals surface area contributed by atoms with Crippen molar-refractivity contribution in [3.05, 3.63) is 40.3 Å². The number of aromatic nitrogens is 2. The summed E-state index contributed by atoms with van der Waals surface area (Å²) in [5, 5.41) is 11.5. The van der Waals surface area contributed by atoms with E-state index < -0.39 is 10.0 Å². The molecule has 0 aliphatic rings. The van der Waals surface area contributed by atoms with Crippen LogP contribution in [0.3, 0.4) is 0 Å². The summed E-state index contributed by atoms with van der Waals surface area (Å²) < 4.78 is 27.2. The number of aryl methyl sites for hydroxylation is 1. The zero-order valence-electron chi connectivity index (χ0n) is 10.8. The molecular weight excluding hydrogens is 362 g/mol. The van der Waals surface area contributed by atoms with Crippen LogP contribution in [-0.4, -0.2) is 29.4 Å². The highest BCUT2D eigenvalue weighted by atomic mass is 79.9. The SMILES string of the molecule is Cc1ncc(S(=O)(=O)Nc2ccc(/C(N)=N/O)cc2Br)[nH]1. The Morgan fingerprint density at radius 3 is 2.76 bits per heavy atom. The Balaban J connectivity index is 2.32. The zero-order chi connectivity index (χ0) is 15.6. The lowest BCUT2D eigenvalue weighted by molar-refractivity contribution is 0.318. The monoisotopic (exact) mass is 373 g/mol. The lowest BCUT2D eigenvalue weighted by atomic mass is 10.2. The third kappa shape index (κ3) is 3.34. The normalized spacial score (nSPS) is 12.4. The predicted molar refractivity (Wildman–Crippen MR) is 80.8 cm³/mol. The minimum atomic E-state index is -3.76. The van der Waals surface area contributed by atoms with E-state index in [4.69, 9.17) is 10.9 Å². The van der Waals surface area contributed by atoms with E-state index in [9.17, 15) is 8.42 Å². The first-order chi connectivity index (χ1) is 9.83. The summed E-state index contributed by atoms with van der Waals surface area (Å²) in [7, 11) is -3.76. The number of rotatable bonds is 4. The largest absolute Gasteiger partial charge is 0.409 e. The second kappa shape index (κ2) is 5.74. The molecule has 0 atom stereocenters. The Bertz CT molecular complexity index is 800. The van der Waals surface area contributed by atoms with Crippen LogP contribution in [0.4, 0.5) is 5.69 Å². The van der Waals surface area contributed by atoms with Gasteiger partial charge < -0.3 is 15.9 Å². The number of aromatic amines is 1. The van der Waals surface area contributed by atoms with Crippen molar-refractivity contribution in [1.29, 1.82) is 0 Å². The number of anilines is 1. The van der Waals surface area contributed by atoms with Crippen molar-refractivity contribution in [3.63, 3.8) is 0 Å². The van der Waals surface area contributed by atoms with Crippen LogP contribution >= 0.6 is 15.9 Å². The Labute approximate surface area is 129 Å². The Kier molecular flexibility index (Phi) is 4.19. The fourth-order valence-electron chi connectivity index (χ4n) is 1.55. The van der Waals surface area contributed by atoms with Crippen molar-refractivity contribution in [3.8, 4) is 0 Å². The number of sulfonamides is 1. The van der Waals surface area contributed by atoms with Crippen LogP contribution in [0, 0.1) is 6.92 Å². The van der Waals surface area contributed by atoms with Gasteiger partial charge in [0, 0.05) is 10.0 Å². The average Bonchev–Trinajstić information content (AvgIpc) is 2.87. The van der Waals surface area contributed by atoms with E-state index in [0.29, 0.717) is 21.5 Å². The molecule has 10 heteroatoms. The van der Waals surface area contributed by atoms with Crippen molar-refractivity contribution < 1.29 is 13.6 Å². The number of nitrogens with zero attached hydrogens (tertiary/aromatic N) is 2. The highest BCUT2D eigenvalue weighted by Crippen LogP contribution is 2.26. The van der Waals surface area contributed by atoms with Gasteiger partial charge >= 0.3 is 0 Å². The lowest BCUT2D eigenvalue weighted by Gasteiger charge is -2.09. The van der Waals surface area contributed by atoms with Crippen LogP contribution in [0.15, 0.2) is 39.1 Å². The summed E-state index contributed by atoms with van der Waals surface area (Å²) in [6, 6.07) is 4.55. The summed E-state index contributed by atoms with van der Waals surface area (Å²) in [6.45, 7) is 1.65. The molecule has 0 bridgehead atoms. The molecule has 112 valence electrons. The quantitative estimate of drug-likeness (QED) is 0.278. The topological polar surface area (TPSA) is 133 Å². The molecule has 0 aliphatic heterocycles. The van der Waals surface area contributed by atoms with Gasteiger partial charge in [-0.3, -0.25) is 4.72 Å². The van der Waals surface area contributed by atoms with E-state index in [1.165, 1.54) is 24.4 Å². The Morgan fingerprint density at radius 1 is 1.52 bits per heavy atom. The van der Waals surface area contributed by atoms with Crippen LogP contribution in [0.1, 0.15) is 11.4 Å². The molecule has 0 radical (unpaired) electrons. The van der Waals surface area contributed by atoms with E-state index in [2.05, 4.69) is 35.8 Å². The van der Waals surface area contributed by atoms with Crippen molar-refractivity contribution >= 4 is 37.5 Å². The first-order valence-electron chi connectivity index (χ1n) is 5.65. The van der Waals surface area contributed by atoms with Crippen LogP contribution in [0.25, 0.3) is 0 Å². The molecule has 0 amide bonds. The molecule has 2 rings (SSSR count). The number of H-pyrrole nitrogens is 1. The van der Waals surface area contributed by atoms with Gasteiger partial charge in [0.15, 0.2) is 10.9 Å². The second-order valence-electron chi connectivity index (χ2n) is 4.12. The third-order valence-electron chi connectivity index (χ3n) is 2.59. The smallest absolute Gasteiger partial charge is 0.279 e. The molecule has 21 heavy (non-hydrogen) atoms. The maximum atomic E-state index is 12.2. The highest BCUT2D eigenvalue weighted by Gasteiger charge is 2.18. The first-order valence-corrected chi connectivity index (χ1v) is 7.93. The summed E-state index contributed by atoms with van der Waals surface area (Å²) in [5.74, 6) is 0.422. The standard InChI is InChI=1S/C11H12BrN5O3S/c1-6-14-5-10(15-6)21(19,20)17-9-3-2-7(4-8(9)12)11(13)16-18/h2-5,17-18H,1H3,(H2,13,16)(H,14,15). The van der Waals surface area contributed by atoms with Gasteiger partial charge in [0.1, 0.15) is 5.82 Å². The van der Waals surface area contributed by atoms with Crippen LogP contribution in [0.2, 0.25) is 0 Å². The molecule has 8 nitrogen and oxygen atoms in total. The molecule has 2 aromatic rings. The summed E-state index contributed by atoms with van der Waals surface area (Å²) in [6.07, 6.45) is 1.23. The Hall–Kier alpha value is -2.07. The van der Waals surface area contributed by atoms with Gasteiger partial charge in [-0.1, -0.05) is 5.16 Å². The second-order valence-corrected chi connectivity index (χ2v) is 6.62. The van der Waals surface area contributed by atoms with Crippen molar-refractivity contribution in [2.45, 2.75) is 11.9 Å².